The second-order valence-electron chi connectivity index (χ2n) is 5.62. The first kappa shape index (κ1) is 14.4. The molecule has 1 aromatic rings. The van der Waals surface area contributed by atoms with Crippen molar-refractivity contribution >= 4 is 0 Å². The Bertz CT molecular complexity index is 417. The van der Waals surface area contributed by atoms with E-state index in [-0.39, 0.29) is 0 Å². The van der Waals surface area contributed by atoms with E-state index in [2.05, 4.69) is 24.8 Å². The lowest BCUT2D eigenvalue weighted by Gasteiger charge is -2.38. The van der Waals surface area contributed by atoms with Crippen LogP contribution in [0.1, 0.15) is 43.9 Å². The summed E-state index contributed by atoms with van der Waals surface area (Å²) < 4.78 is 5.24. The third kappa shape index (κ3) is 3.28. The number of methoxy groups -OCH3 is 1. The molecule has 0 spiro atoms. The van der Waals surface area contributed by atoms with Crippen molar-refractivity contribution in [3.05, 3.63) is 29.3 Å². The average Bonchev–Trinajstić information content (AvgIpc) is 2.38. The number of benzene rings is 1. The first-order valence-electron chi connectivity index (χ1n) is 7.20. The van der Waals surface area contributed by atoms with Gasteiger partial charge in [0.25, 0.3) is 0 Å². The van der Waals surface area contributed by atoms with Gasteiger partial charge in [-0.25, -0.2) is 0 Å². The summed E-state index contributed by atoms with van der Waals surface area (Å²) in [4.78, 5) is 2.51. The number of phenolic OH excluding ortho intramolecular Hbond substituents is 1. The molecule has 0 fully saturated rings. The summed E-state index contributed by atoms with van der Waals surface area (Å²) in [5, 5.41) is 9.63. The highest BCUT2D eigenvalue weighted by Crippen LogP contribution is 2.36. The van der Waals surface area contributed by atoms with Crippen LogP contribution in [0.3, 0.4) is 0 Å². The first-order chi connectivity index (χ1) is 9.13. The van der Waals surface area contributed by atoms with Gasteiger partial charge in [0.05, 0.1) is 6.61 Å². The molecule has 3 heteroatoms. The van der Waals surface area contributed by atoms with Gasteiger partial charge in [0.15, 0.2) is 0 Å². The van der Waals surface area contributed by atoms with Crippen molar-refractivity contribution in [3.8, 4) is 5.75 Å². The summed E-state index contributed by atoms with van der Waals surface area (Å²) in [6.07, 6.45) is 3.47. The van der Waals surface area contributed by atoms with E-state index in [4.69, 9.17) is 4.74 Å². The molecule has 106 valence electrons. The van der Waals surface area contributed by atoms with E-state index in [1.54, 1.807) is 7.11 Å². The van der Waals surface area contributed by atoms with Crippen LogP contribution in [-0.2, 0) is 11.2 Å². The molecular formula is C16H25NO2. The molecule has 1 atom stereocenters. The van der Waals surface area contributed by atoms with Crippen molar-refractivity contribution in [2.45, 2.75) is 45.2 Å². The maximum Gasteiger partial charge on any atom is 0.115 e. The Hall–Kier alpha value is -1.06. The van der Waals surface area contributed by atoms with Crippen LogP contribution in [0.2, 0.25) is 0 Å². The van der Waals surface area contributed by atoms with Crippen LogP contribution in [0.25, 0.3) is 0 Å². The molecule has 0 heterocycles. The van der Waals surface area contributed by atoms with Crippen LogP contribution in [0.4, 0.5) is 0 Å². The number of nitrogens with zero attached hydrogens (tertiary/aromatic N) is 1. The lowest BCUT2D eigenvalue weighted by Crippen LogP contribution is -2.38. The van der Waals surface area contributed by atoms with Crippen LogP contribution in [0.15, 0.2) is 18.2 Å². The smallest absolute Gasteiger partial charge is 0.115 e. The van der Waals surface area contributed by atoms with Gasteiger partial charge in [-0.3, -0.25) is 4.90 Å². The van der Waals surface area contributed by atoms with Gasteiger partial charge in [0, 0.05) is 25.7 Å². The number of ether oxygens (including phenoxy) is 1. The maximum absolute atomic E-state index is 9.63. The minimum Gasteiger partial charge on any atom is -0.508 e. The molecule has 1 unspecified atom stereocenters. The number of rotatable bonds is 5. The van der Waals surface area contributed by atoms with Gasteiger partial charge in [-0.15, -0.1) is 0 Å². The molecule has 0 bridgehead atoms. The lowest BCUT2D eigenvalue weighted by atomic mass is 9.86. The van der Waals surface area contributed by atoms with E-state index in [0.29, 0.717) is 17.8 Å². The zero-order valence-electron chi connectivity index (χ0n) is 12.2. The summed E-state index contributed by atoms with van der Waals surface area (Å²) in [6.45, 7) is 6.20. The van der Waals surface area contributed by atoms with Crippen molar-refractivity contribution in [2.24, 2.45) is 0 Å². The number of aromatic hydroxyl groups is 1. The van der Waals surface area contributed by atoms with Crippen LogP contribution < -0.4 is 0 Å². The monoisotopic (exact) mass is 263 g/mol. The topological polar surface area (TPSA) is 32.7 Å². The molecule has 3 nitrogen and oxygen atoms in total. The fourth-order valence-corrected chi connectivity index (χ4v) is 3.09. The minimum absolute atomic E-state index is 0.382. The predicted octanol–water partition coefficient (Wildman–Crippen LogP) is 3.13. The van der Waals surface area contributed by atoms with Gasteiger partial charge < -0.3 is 9.84 Å². The number of aryl methyl sites for hydroxylation is 1. The van der Waals surface area contributed by atoms with Crippen molar-refractivity contribution in [2.75, 3.05) is 20.3 Å². The number of hydrogen-bond acceptors (Lipinski definition) is 3. The Morgan fingerprint density at radius 1 is 1.42 bits per heavy atom. The molecular weight excluding hydrogens is 238 g/mol. The third-order valence-electron chi connectivity index (χ3n) is 4.03. The molecule has 2 rings (SSSR count). The van der Waals surface area contributed by atoms with E-state index in [1.807, 2.05) is 12.1 Å². The van der Waals surface area contributed by atoms with Crippen molar-refractivity contribution in [1.29, 1.82) is 0 Å². The molecule has 0 saturated heterocycles. The van der Waals surface area contributed by atoms with E-state index in [0.717, 1.165) is 19.6 Å². The normalized spacial score (nSPS) is 18.9. The summed E-state index contributed by atoms with van der Waals surface area (Å²) in [6, 6.07) is 6.79. The summed E-state index contributed by atoms with van der Waals surface area (Å²) in [7, 11) is 1.76. The fraction of sp³-hybridized carbons (Fsp3) is 0.625. The van der Waals surface area contributed by atoms with Gasteiger partial charge in [-0.2, -0.15) is 0 Å². The van der Waals surface area contributed by atoms with E-state index in [9.17, 15) is 5.11 Å². The Labute approximate surface area is 116 Å². The highest BCUT2D eigenvalue weighted by Gasteiger charge is 2.27. The zero-order chi connectivity index (χ0) is 13.8. The average molecular weight is 263 g/mol. The van der Waals surface area contributed by atoms with Crippen LogP contribution in [0, 0.1) is 0 Å². The summed E-state index contributed by atoms with van der Waals surface area (Å²) in [5.74, 6) is 0.382. The predicted molar refractivity (Wildman–Crippen MR) is 77.5 cm³/mol. The minimum atomic E-state index is 0.382. The first-order valence-corrected chi connectivity index (χ1v) is 7.20. The van der Waals surface area contributed by atoms with Crippen molar-refractivity contribution in [3.63, 3.8) is 0 Å². The second kappa shape index (κ2) is 6.40. The van der Waals surface area contributed by atoms with E-state index in [1.165, 1.54) is 24.0 Å². The third-order valence-corrected chi connectivity index (χ3v) is 4.03. The zero-order valence-corrected chi connectivity index (χ0v) is 12.2. The largest absolute Gasteiger partial charge is 0.508 e. The summed E-state index contributed by atoms with van der Waals surface area (Å²) >= 11 is 0. The Morgan fingerprint density at radius 2 is 2.21 bits per heavy atom. The van der Waals surface area contributed by atoms with Crippen molar-refractivity contribution in [1.82, 2.24) is 4.90 Å². The van der Waals surface area contributed by atoms with Crippen molar-refractivity contribution < 1.29 is 9.84 Å². The Balaban J connectivity index is 2.25. The standard InChI is InChI=1S/C16H25NO2/c1-12(2)17(9-10-19-3)16-6-4-5-13-11-14(18)7-8-15(13)16/h7-8,11-12,16,18H,4-6,9-10H2,1-3H3. The van der Waals surface area contributed by atoms with E-state index < -0.39 is 0 Å². The molecule has 0 saturated carbocycles. The Kier molecular flexibility index (Phi) is 4.83. The second-order valence-corrected chi connectivity index (χ2v) is 5.62. The number of phenols is 1. The number of fused-ring (bicyclic) bond motifs is 1. The highest BCUT2D eigenvalue weighted by molar-refractivity contribution is 5.38. The van der Waals surface area contributed by atoms with Crippen LogP contribution >= 0.6 is 0 Å². The molecule has 1 aliphatic rings. The maximum atomic E-state index is 9.63. The number of hydrogen-bond donors (Lipinski definition) is 1. The summed E-state index contributed by atoms with van der Waals surface area (Å²) in [5.41, 5.74) is 2.69. The lowest BCUT2D eigenvalue weighted by molar-refractivity contribution is 0.0876. The quantitative estimate of drug-likeness (QED) is 0.886. The molecule has 1 N–H and O–H groups in total. The molecule has 0 amide bonds. The molecule has 19 heavy (non-hydrogen) atoms. The molecule has 1 aromatic carbocycles. The highest BCUT2D eigenvalue weighted by atomic mass is 16.5. The molecule has 0 aromatic heterocycles. The SMILES string of the molecule is COCCN(C(C)C)C1CCCc2cc(O)ccc21. The van der Waals surface area contributed by atoms with Gasteiger partial charge in [-0.1, -0.05) is 6.07 Å². The van der Waals surface area contributed by atoms with Gasteiger partial charge in [0.1, 0.15) is 5.75 Å². The fourth-order valence-electron chi connectivity index (χ4n) is 3.09. The van der Waals surface area contributed by atoms with Gasteiger partial charge in [0.2, 0.25) is 0 Å². The molecule has 0 radical (unpaired) electrons. The Morgan fingerprint density at radius 3 is 2.89 bits per heavy atom. The van der Waals surface area contributed by atoms with Crippen LogP contribution in [0.5, 0.6) is 5.75 Å². The van der Waals surface area contributed by atoms with Crippen LogP contribution in [-0.4, -0.2) is 36.3 Å². The van der Waals surface area contributed by atoms with Gasteiger partial charge >= 0.3 is 0 Å². The molecule has 0 aliphatic heterocycles. The van der Waals surface area contributed by atoms with E-state index >= 15 is 0 Å². The molecule has 1 aliphatic carbocycles. The van der Waals surface area contributed by atoms with Gasteiger partial charge in [-0.05, 0) is 56.4 Å².